The smallest absolute Gasteiger partial charge is 0.262 e. The molecule has 8 rings (SSSR count). The van der Waals surface area contributed by atoms with Crippen LogP contribution in [0.2, 0.25) is 5.02 Å². The van der Waals surface area contributed by atoms with Crippen molar-refractivity contribution in [2.75, 3.05) is 16.8 Å². The molecule has 55 heavy (non-hydrogen) atoms. The van der Waals surface area contributed by atoms with Crippen molar-refractivity contribution in [3.63, 3.8) is 0 Å². The third-order valence-electron chi connectivity index (χ3n) is 11.7. The molecule has 0 spiro atoms. The SMILES string of the molecule is Cc1ccc(-c2c(C)noc2C)cc1N(C[C@H]1CC[C@H](Nc2cc3c(cc2F)C(=O)N(C2CCC(=O)NC2=O)C3=O)CC1)c1ccc(C2(C#N)CC2)c(Cl)c1. The Labute approximate surface area is 322 Å². The Morgan fingerprint density at radius 2 is 1.73 bits per heavy atom. The summed E-state index contributed by atoms with van der Waals surface area (Å²) in [7, 11) is 0. The predicted molar refractivity (Wildman–Crippen MR) is 204 cm³/mol. The van der Waals surface area contributed by atoms with Crippen LogP contribution < -0.4 is 15.5 Å². The average Bonchev–Trinajstić information content (AvgIpc) is 3.84. The summed E-state index contributed by atoms with van der Waals surface area (Å²) in [6, 6.07) is 16.0. The Bertz CT molecular complexity index is 2300. The quantitative estimate of drug-likeness (QED) is 0.163. The highest BCUT2D eigenvalue weighted by Gasteiger charge is 2.47. The third kappa shape index (κ3) is 6.54. The van der Waals surface area contributed by atoms with E-state index in [1.54, 1.807) is 0 Å². The van der Waals surface area contributed by atoms with E-state index in [1.807, 2.05) is 26.0 Å². The summed E-state index contributed by atoms with van der Waals surface area (Å²) >= 11 is 6.91. The standard InChI is InChI=1S/C42H40ClFN6O5/c1-22-4-7-26(38-23(2)48-55-24(38)3)16-36(22)49(28-10-11-31(32(43)17-28)42(21-45)14-15-42)20-25-5-8-27(9-6-25)46-34-19-30-29(18-33(34)44)40(53)50(41(30)54)35-12-13-37(51)47-39(35)52/h4,7,10-11,16-19,25,27,35,46H,5-6,8-9,12-15,20H2,1-3H3,(H,47,51,52)/t25-,27-,35?. The molecule has 4 amide bonds. The van der Waals surface area contributed by atoms with Gasteiger partial charge in [0.15, 0.2) is 0 Å². The monoisotopic (exact) mass is 762 g/mol. The largest absolute Gasteiger partial charge is 0.380 e. The lowest BCUT2D eigenvalue weighted by molar-refractivity contribution is -0.136. The van der Waals surface area contributed by atoms with Crippen LogP contribution in [0.1, 0.15) is 94.7 Å². The van der Waals surface area contributed by atoms with E-state index in [0.717, 1.165) is 94.6 Å². The normalized spacial score (nSPS) is 21.6. The Morgan fingerprint density at radius 3 is 2.36 bits per heavy atom. The van der Waals surface area contributed by atoms with Gasteiger partial charge >= 0.3 is 0 Å². The van der Waals surface area contributed by atoms with Crippen LogP contribution in [0.25, 0.3) is 11.1 Å². The Kier molecular flexibility index (Phi) is 9.24. The fourth-order valence-corrected chi connectivity index (χ4v) is 8.84. The first-order valence-corrected chi connectivity index (χ1v) is 19.1. The van der Waals surface area contributed by atoms with Crippen molar-refractivity contribution in [2.45, 2.75) is 89.6 Å². The van der Waals surface area contributed by atoms with Crippen LogP contribution in [0.4, 0.5) is 21.5 Å². The fourth-order valence-electron chi connectivity index (χ4n) is 8.49. The molecule has 4 aliphatic rings. The van der Waals surface area contributed by atoms with Crippen LogP contribution in [0, 0.1) is 43.8 Å². The molecule has 0 radical (unpaired) electrons. The van der Waals surface area contributed by atoms with E-state index < -0.39 is 40.9 Å². The second kappa shape index (κ2) is 13.9. The Balaban J connectivity index is 1.01. The molecule has 1 aromatic heterocycles. The van der Waals surface area contributed by atoms with Gasteiger partial charge in [0.1, 0.15) is 17.6 Å². The van der Waals surface area contributed by atoms with Gasteiger partial charge in [0.2, 0.25) is 11.8 Å². The van der Waals surface area contributed by atoms with Gasteiger partial charge in [0, 0.05) is 41.0 Å². The van der Waals surface area contributed by atoms with E-state index in [-0.39, 0.29) is 41.6 Å². The van der Waals surface area contributed by atoms with Gasteiger partial charge in [0.05, 0.1) is 34.0 Å². The topological polar surface area (TPSA) is 149 Å². The fraction of sp³-hybridized carbons (Fsp3) is 0.381. The van der Waals surface area contributed by atoms with E-state index in [9.17, 15) is 24.4 Å². The number of amides is 4. The van der Waals surface area contributed by atoms with E-state index >= 15 is 4.39 Å². The van der Waals surface area contributed by atoms with Crippen molar-refractivity contribution in [1.29, 1.82) is 5.26 Å². The number of carbonyl (C=O) groups is 4. The van der Waals surface area contributed by atoms with Crippen LogP contribution >= 0.6 is 11.6 Å². The summed E-state index contributed by atoms with van der Waals surface area (Å²) in [5.74, 6) is -2.24. The van der Waals surface area contributed by atoms with E-state index in [1.165, 1.54) is 6.07 Å². The van der Waals surface area contributed by atoms with E-state index in [4.69, 9.17) is 16.1 Å². The van der Waals surface area contributed by atoms with Gasteiger partial charge < -0.3 is 14.7 Å². The highest BCUT2D eigenvalue weighted by atomic mass is 35.5. The molecule has 1 atom stereocenters. The van der Waals surface area contributed by atoms with Gasteiger partial charge in [0.25, 0.3) is 11.8 Å². The number of benzene rings is 3. The van der Waals surface area contributed by atoms with E-state index in [2.05, 4.69) is 57.9 Å². The second-order valence-corrected chi connectivity index (χ2v) is 15.8. The van der Waals surface area contributed by atoms with Gasteiger partial charge in [-0.1, -0.05) is 35.0 Å². The highest BCUT2D eigenvalue weighted by Crippen LogP contribution is 2.51. The molecule has 2 saturated carbocycles. The minimum absolute atomic E-state index is 0.00279. The van der Waals surface area contributed by atoms with Gasteiger partial charge in [-0.2, -0.15) is 5.26 Å². The molecule has 11 nitrogen and oxygen atoms in total. The molecule has 3 heterocycles. The summed E-state index contributed by atoms with van der Waals surface area (Å²) in [6.45, 7) is 6.61. The molecule has 1 unspecified atom stereocenters. The summed E-state index contributed by atoms with van der Waals surface area (Å²) in [5, 5.41) is 20.1. The molecule has 4 aromatic rings. The lowest BCUT2D eigenvalue weighted by Gasteiger charge is -2.35. The lowest BCUT2D eigenvalue weighted by Crippen LogP contribution is -2.54. The molecule has 3 aromatic carbocycles. The van der Waals surface area contributed by atoms with Crippen LogP contribution in [0.15, 0.2) is 53.1 Å². The molecule has 2 N–H and O–H groups in total. The molecule has 0 bridgehead atoms. The highest BCUT2D eigenvalue weighted by molar-refractivity contribution is 6.32. The zero-order valence-electron chi connectivity index (χ0n) is 30.8. The zero-order chi connectivity index (χ0) is 38.8. The van der Waals surface area contributed by atoms with Crippen molar-refractivity contribution in [1.82, 2.24) is 15.4 Å². The molecule has 3 fully saturated rings. The van der Waals surface area contributed by atoms with Gasteiger partial charge in [-0.25, -0.2) is 4.39 Å². The molecule has 13 heteroatoms. The number of anilines is 3. The molecular weight excluding hydrogens is 723 g/mol. The molecule has 1 saturated heterocycles. The van der Waals surface area contributed by atoms with Crippen LogP contribution in [0.5, 0.6) is 0 Å². The number of fused-ring (bicyclic) bond motifs is 1. The maximum atomic E-state index is 15.5. The lowest BCUT2D eigenvalue weighted by atomic mass is 9.85. The first-order valence-electron chi connectivity index (χ1n) is 18.7. The summed E-state index contributed by atoms with van der Waals surface area (Å²) in [4.78, 5) is 53.8. The number of aromatic nitrogens is 1. The van der Waals surface area contributed by atoms with Gasteiger partial charge in [-0.3, -0.25) is 29.4 Å². The summed E-state index contributed by atoms with van der Waals surface area (Å²) < 4.78 is 21.0. The predicted octanol–water partition coefficient (Wildman–Crippen LogP) is 7.82. The molecule has 282 valence electrons. The first kappa shape index (κ1) is 36.4. The zero-order valence-corrected chi connectivity index (χ0v) is 31.6. The molecular formula is C42H40ClFN6O5. The van der Waals surface area contributed by atoms with Crippen molar-refractivity contribution in [3.05, 3.63) is 93.1 Å². The van der Waals surface area contributed by atoms with Crippen LogP contribution in [-0.4, -0.2) is 52.3 Å². The minimum Gasteiger partial charge on any atom is -0.380 e. The average molecular weight is 763 g/mol. The van der Waals surface area contributed by atoms with Crippen molar-refractivity contribution >= 4 is 52.3 Å². The number of hydrogen-bond acceptors (Lipinski definition) is 9. The second-order valence-electron chi connectivity index (χ2n) is 15.4. The van der Waals surface area contributed by atoms with Gasteiger partial charge in [-0.05, 0) is 119 Å². The summed E-state index contributed by atoms with van der Waals surface area (Å²) in [5.41, 5.74) is 6.20. The van der Waals surface area contributed by atoms with Gasteiger partial charge in [-0.15, -0.1) is 0 Å². The van der Waals surface area contributed by atoms with E-state index in [0.29, 0.717) is 11.6 Å². The number of carbonyl (C=O) groups excluding carboxylic acids is 4. The molecule has 2 aliphatic carbocycles. The number of imide groups is 2. The summed E-state index contributed by atoms with van der Waals surface area (Å²) in [6.07, 6.45) is 4.79. The number of aryl methyl sites for hydroxylation is 3. The Hall–Kier alpha value is -5.54. The number of rotatable bonds is 9. The van der Waals surface area contributed by atoms with Crippen LogP contribution in [-0.2, 0) is 15.0 Å². The maximum Gasteiger partial charge on any atom is 0.262 e. The number of nitriles is 1. The first-order chi connectivity index (χ1) is 26.4. The number of piperidine rings is 1. The van der Waals surface area contributed by atoms with Crippen LogP contribution in [0.3, 0.4) is 0 Å². The van der Waals surface area contributed by atoms with Crippen molar-refractivity contribution in [3.8, 4) is 17.2 Å². The maximum absolute atomic E-state index is 15.5. The molecule has 2 aliphatic heterocycles. The van der Waals surface area contributed by atoms with Crippen molar-refractivity contribution in [2.24, 2.45) is 5.92 Å². The number of hydrogen-bond donors (Lipinski definition) is 2. The Morgan fingerprint density at radius 1 is 1.00 bits per heavy atom. The number of nitrogens with one attached hydrogen (secondary N) is 2. The number of halogens is 2. The third-order valence-corrected chi connectivity index (χ3v) is 12.1. The minimum atomic E-state index is -1.12. The van der Waals surface area contributed by atoms with Crippen molar-refractivity contribution < 1.29 is 28.1 Å². The number of nitrogens with zero attached hydrogens (tertiary/aromatic N) is 4.